The van der Waals surface area contributed by atoms with E-state index in [1.807, 2.05) is 16.9 Å². The third-order valence-corrected chi connectivity index (χ3v) is 4.37. The van der Waals surface area contributed by atoms with Crippen LogP contribution >= 0.6 is 22.9 Å². The highest BCUT2D eigenvalue weighted by molar-refractivity contribution is 7.09. The van der Waals surface area contributed by atoms with Gasteiger partial charge in [0.15, 0.2) is 11.6 Å². The Hall–Kier alpha value is -1.66. The molecule has 0 unspecified atom stereocenters. The molecule has 2 aromatic heterocycles. The minimum absolute atomic E-state index is 0.195. The Morgan fingerprint density at radius 2 is 2.19 bits per heavy atom. The number of aromatic nitrogens is 3. The number of thiazole rings is 1. The maximum absolute atomic E-state index is 13.8. The lowest BCUT2D eigenvalue weighted by atomic mass is 10.3. The molecule has 0 atom stereocenters. The van der Waals surface area contributed by atoms with Crippen molar-refractivity contribution in [3.63, 3.8) is 0 Å². The Kier molecular flexibility index (Phi) is 3.82. The van der Waals surface area contributed by atoms with Crippen molar-refractivity contribution in [2.45, 2.75) is 19.3 Å². The van der Waals surface area contributed by atoms with Crippen LogP contribution in [0.2, 0.25) is 0 Å². The summed E-state index contributed by atoms with van der Waals surface area (Å²) in [6.07, 6.45) is 0. The zero-order valence-corrected chi connectivity index (χ0v) is 13.1. The number of fused-ring (bicyclic) bond motifs is 1. The number of hydrogen-bond donors (Lipinski definition) is 0. The van der Waals surface area contributed by atoms with Gasteiger partial charge in [-0.2, -0.15) is 0 Å². The summed E-state index contributed by atoms with van der Waals surface area (Å²) in [6, 6.07) is 3.02. The van der Waals surface area contributed by atoms with E-state index in [9.17, 15) is 4.39 Å². The Morgan fingerprint density at radius 1 is 1.38 bits per heavy atom. The minimum Gasteiger partial charge on any atom is -0.494 e. The van der Waals surface area contributed by atoms with Crippen molar-refractivity contribution in [1.82, 2.24) is 14.5 Å². The molecule has 7 heteroatoms. The summed E-state index contributed by atoms with van der Waals surface area (Å²) in [5, 5.41) is 2.95. The fraction of sp³-hybridized carbons (Fsp3) is 0.286. The maximum atomic E-state index is 13.8. The summed E-state index contributed by atoms with van der Waals surface area (Å²) in [5.74, 6) is 0.705. The van der Waals surface area contributed by atoms with E-state index in [1.54, 1.807) is 17.4 Å². The van der Waals surface area contributed by atoms with Crippen molar-refractivity contribution in [3.8, 4) is 5.75 Å². The quantitative estimate of drug-likeness (QED) is 0.686. The van der Waals surface area contributed by atoms with Crippen molar-refractivity contribution >= 4 is 34.0 Å². The Morgan fingerprint density at radius 3 is 2.81 bits per heavy atom. The Bertz CT molecular complexity index is 799. The largest absolute Gasteiger partial charge is 0.494 e. The van der Waals surface area contributed by atoms with E-state index in [4.69, 9.17) is 16.3 Å². The lowest BCUT2D eigenvalue weighted by Crippen LogP contribution is -2.04. The number of aryl methyl sites for hydroxylation is 1. The zero-order chi connectivity index (χ0) is 15.0. The third kappa shape index (κ3) is 2.61. The van der Waals surface area contributed by atoms with Crippen molar-refractivity contribution in [2.75, 3.05) is 7.11 Å². The van der Waals surface area contributed by atoms with Crippen LogP contribution in [-0.4, -0.2) is 21.6 Å². The van der Waals surface area contributed by atoms with E-state index >= 15 is 0 Å². The van der Waals surface area contributed by atoms with E-state index in [2.05, 4.69) is 9.97 Å². The smallest absolute Gasteiger partial charge is 0.167 e. The topological polar surface area (TPSA) is 39.9 Å². The molecule has 0 saturated carbocycles. The van der Waals surface area contributed by atoms with Gasteiger partial charge < -0.3 is 9.30 Å². The molecule has 2 heterocycles. The van der Waals surface area contributed by atoms with Gasteiger partial charge in [0.25, 0.3) is 0 Å². The van der Waals surface area contributed by atoms with Crippen molar-refractivity contribution in [1.29, 1.82) is 0 Å². The molecule has 0 amide bonds. The van der Waals surface area contributed by atoms with Gasteiger partial charge in [0, 0.05) is 23.2 Å². The molecule has 0 spiro atoms. The van der Waals surface area contributed by atoms with Gasteiger partial charge in [-0.1, -0.05) is 0 Å². The summed E-state index contributed by atoms with van der Waals surface area (Å²) < 4.78 is 20.8. The van der Waals surface area contributed by atoms with E-state index < -0.39 is 5.82 Å². The van der Waals surface area contributed by atoms with Crippen molar-refractivity contribution in [2.24, 2.45) is 0 Å². The normalized spacial score (nSPS) is 11.2. The van der Waals surface area contributed by atoms with Gasteiger partial charge in [0.05, 0.1) is 30.6 Å². The average Bonchev–Trinajstić information content (AvgIpc) is 3.02. The van der Waals surface area contributed by atoms with Crippen molar-refractivity contribution in [3.05, 3.63) is 39.9 Å². The number of alkyl halides is 1. The number of ether oxygens (including phenoxy) is 1. The standard InChI is InChI=1S/C14H13ClFN3OS/c1-8-7-21-14(17-8)6-19-11-4-12(20-2)9(16)3-10(11)18-13(19)5-15/h3-4,7H,5-6H2,1-2H3. The fourth-order valence-corrected chi connectivity index (χ4v) is 3.19. The van der Waals surface area contributed by atoms with E-state index in [0.29, 0.717) is 17.9 Å². The molecule has 3 aromatic rings. The van der Waals surface area contributed by atoms with Crippen LogP contribution < -0.4 is 4.74 Å². The first kappa shape index (κ1) is 14.3. The van der Waals surface area contributed by atoms with E-state index in [1.165, 1.54) is 13.2 Å². The van der Waals surface area contributed by atoms with Crippen LogP contribution in [0.25, 0.3) is 11.0 Å². The molecule has 0 saturated heterocycles. The first-order valence-corrected chi connectivity index (χ1v) is 7.73. The molecule has 0 aliphatic heterocycles. The number of hydrogen-bond acceptors (Lipinski definition) is 4. The van der Waals surface area contributed by atoms with Gasteiger partial charge in [-0.25, -0.2) is 14.4 Å². The zero-order valence-electron chi connectivity index (χ0n) is 11.6. The first-order valence-electron chi connectivity index (χ1n) is 6.32. The molecule has 21 heavy (non-hydrogen) atoms. The predicted molar refractivity (Wildman–Crippen MR) is 81.8 cm³/mol. The highest BCUT2D eigenvalue weighted by atomic mass is 35.5. The van der Waals surface area contributed by atoms with Gasteiger partial charge >= 0.3 is 0 Å². The Labute approximate surface area is 130 Å². The monoisotopic (exact) mass is 325 g/mol. The molecule has 0 N–H and O–H groups in total. The van der Waals surface area contributed by atoms with Gasteiger partial charge in [-0.3, -0.25) is 0 Å². The summed E-state index contributed by atoms with van der Waals surface area (Å²) in [6.45, 7) is 2.51. The molecule has 3 rings (SSSR count). The molecule has 0 radical (unpaired) electrons. The average molecular weight is 326 g/mol. The SMILES string of the molecule is COc1cc2c(cc1F)nc(CCl)n2Cc1nc(C)cs1. The van der Waals surface area contributed by atoms with Crippen LogP contribution in [0.3, 0.4) is 0 Å². The number of imidazole rings is 1. The van der Waals surface area contributed by atoms with Gasteiger partial charge in [-0.05, 0) is 6.92 Å². The molecular weight excluding hydrogens is 313 g/mol. The summed E-state index contributed by atoms with van der Waals surface area (Å²) >= 11 is 7.54. The molecule has 1 aromatic carbocycles. The predicted octanol–water partition coefficient (Wildman–Crippen LogP) is 3.74. The Balaban J connectivity index is 2.14. The van der Waals surface area contributed by atoms with Crippen molar-refractivity contribution < 1.29 is 9.13 Å². The molecule has 0 bridgehead atoms. The van der Waals surface area contributed by atoms with E-state index in [-0.39, 0.29) is 11.6 Å². The van der Waals surface area contributed by atoms with Crippen LogP contribution in [0.4, 0.5) is 4.39 Å². The van der Waals surface area contributed by atoms with Gasteiger partial charge in [0.1, 0.15) is 10.8 Å². The number of benzene rings is 1. The summed E-state index contributed by atoms with van der Waals surface area (Å²) in [7, 11) is 1.44. The summed E-state index contributed by atoms with van der Waals surface area (Å²) in [4.78, 5) is 8.83. The third-order valence-electron chi connectivity index (χ3n) is 3.18. The molecule has 110 valence electrons. The maximum Gasteiger partial charge on any atom is 0.167 e. The van der Waals surface area contributed by atoms with Crippen LogP contribution in [0.1, 0.15) is 16.5 Å². The molecule has 4 nitrogen and oxygen atoms in total. The van der Waals surface area contributed by atoms with Crippen LogP contribution in [0, 0.1) is 12.7 Å². The summed E-state index contributed by atoms with van der Waals surface area (Å²) in [5.41, 5.74) is 2.34. The second-order valence-corrected chi connectivity index (χ2v) is 5.82. The van der Waals surface area contributed by atoms with Gasteiger partial charge in [-0.15, -0.1) is 22.9 Å². The van der Waals surface area contributed by atoms with Crippen LogP contribution in [0.5, 0.6) is 5.75 Å². The molecular formula is C14H13ClFN3OS. The lowest BCUT2D eigenvalue weighted by Gasteiger charge is -2.07. The van der Waals surface area contributed by atoms with Gasteiger partial charge in [0.2, 0.25) is 0 Å². The number of methoxy groups -OCH3 is 1. The number of halogens is 2. The lowest BCUT2D eigenvalue weighted by molar-refractivity contribution is 0.387. The highest BCUT2D eigenvalue weighted by Gasteiger charge is 2.15. The highest BCUT2D eigenvalue weighted by Crippen LogP contribution is 2.27. The minimum atomic E-state index is -0.430. The molecule has 0 aliphatic carbocycles. The second-order valence-electron chi connectivity index (χ2n) is 4.61. The first-order chi connectivity index (χ1) is 10.1. The molecule has 0 aliphatic rings. The van der Waals surface area contributed by atoms with E-state index in [0.717, 1.165) is 16.2 Å². The second kappa shape index (κ2) is 5.61. The van der Waals surface area contributed by atoms with Crippen LogP contribution in [-0.2, 0) is 12.4 Å². The number of rotatable bonds is 4. The number of nitrogens with zero attached hydrogens (tertiary/aromatic N) is 3. The molecule has 0 fully saturated rings. The fourth-order valence-electron chi connectivity index (χ4n) is 2.22. The van der Waals surface area contributed by atoms with Crippen LogP contribution in [0.15, 0.2) is 17.5 Å².